The van der Waals surface area contributed by atoms with Crippen LogP contribution in [0, 0.1) is 35.5 Å². The number of nitrogens with zero attached hydrogens (tertiary/aromatic N) is 4. The number of piperidine rings is 1. The van der Waals surface area contributed by atoms with Crippen LogP contribution >= 0.6 is 0 Å². The number of fused-ring (bicyclic) bond motifs is 1. The van der Waals surface area contributed by atoms with Crippen LogP contribution in [-0.4, -0.2) is 255 Å². The number of aliphatic imine (C=N–C) groups is 2. The van der Waals surface area contributed by atoms with Crippen LogP contribution in [0.15, 0.2) is 34.3 Å². The Bertz CT molecular complexity index is 3430. The summed E-state index contributed by atoms with van der Waals surface area (Å²) in [6.45, 7) is 14.4. The van der Waals surface area contributed by atoms with Crippen molar-refractivity contribution in [1.82, 2.24) is 52.3 Å². The molecule has 2 heterocycles. The number of ether oxygens (including phenoxy) is 2. The second kappa shape index (κ2) is 45.3. The third-order valence-electron chi connectivity index (χ3n) is 19.5. The minimum Gasteiger partial charge on any atom is -0.508 e. The average molecular weight is 1570 g/mol. The van der Waals surface area contributed by atoms with Gasteiger partial charge in [0.2, 0.25) is 70.9 Å². The number of aliphatic hydroxyl groups excluding tert-OH is 4. The van der Waals surface area contributed by atoms with Crippen molar-refractivity contribution in [2.45, 2.75) is 243 Å². The highest BCUT2D eigenvalue weighted by Gasteiger charge is 2.47. The van der Waals surface area contributed by atoms with Gasteiger partial charge in [0.1, 0.15) is 78.4 Å². The smallest absolute Gasteiger partial charge is 0.329 e. The number of rotatable bonds is 36. The molecule has 0 aliphatic carbocycles. The number of hydrogen-bond donors (Lipinski definition) is 20. The molecule has 2 aliphatic rings. The second-order valence-corrected chi connectivity index (χ2v) is 29.5. The van der Waals surface area contributed by atoms with E-state index in [9.17, 15) is 68.7 Å². The fraction of sp³-hybridized carbons (Fsp3) is 0.690. The number of aromatic hydroxyl groups is 1. The molecule has 2 aliphatic heterocycles. The zero-order chi connectivity index (χ0) is 84.2. The number of phenols is 1. The molecule has 2 saturated heterocycles. The van der Waals surface area contributed by atoms with Crippen molar-refractivity contribution in [2.24, 2.45) is 85.6 Å². The van der Waals surface area contributed by atoms with Crippen LogP contribution in [0.5, 0.6) is 5.75 Å². The normalized spacial score (nSPS) is 23.2. The third kappa shape index (κ3) is 29.6. The summed E-state index contributed by atoms with van der Waals surface area (Å²) < 4.78 is 11.9. The lowest BCUT2D eigenvalue weighted by Gasteiger charge is -2.39. The number of carbonyl (C=O) groups is 14. The Morgan fingerprint density at radius 1 is 0.649 bits per heavy atom. The van der Waals surface area contributed by atoms with Crippen LogP contribution in [0.2, 0.25) is 0 Å². The van der Waals surface area contributed by atoms with Crippen LogP contribution in [-0.2, 0) is 76.6 Å². The number of primary amides is 3. The predicted molar refractivity (Wildman–Crippen MR) is 401 cm³/mol. The van der Waals surface area contributed by atoms with Crippen molar-refractivity contribution < 1.29 is 102 Å². The number of nitrogens with two attached hydrogens (primary N) is 7. The monoisotopic (exact) mass is 1570 g/mol. The van der Waals surface area contributed by atoms with E-state index in [1.165, 1.54) is 59.2 Å². The molecule has 1 aromatic rings. The molecular formula is C71H119N19O21. The van der Waals surface area contributed by atoms with Gasteiger partial charge in [-0.15, -0.1) is 0 Å². The average Bonchev–Trinajstić information content (AvgIpc) is 0.786. The molecule has 0 saturated carbocycles. The largest absolute Gasteiger partial charge is 0.508 e. The van der Waals surface area contributed by atoms with Gasteiger partial charge in [0.15, 0.2) is 18.0 Å². The number of hydrogen-bond acceptors (Lipinski definition) is 23. The molecule has 40 nitrogen and oxygen atoms in total. The van der Waals surface area contributed by atoms with Gasteiger partial charge < -0.3 is 127 Å². The Morgan fingerprint density at radius 3 is 1.79 bits per heavy atom. The van der Waals surface area contributed by atoms with Gasteiger partial charge in [-0.05, 0) is 119 Å². The highest BCUT2D eigenvalue weighted by atomic mass is 16.5. The molecular weight excluding hydrogens is 1450 g/mol. The number of aliphatic hydroxyl groups is 4. The Kier molecular flexibility index (Phi) is 38.8. The van der Waals surface area contributed by atoms with Crippen LogP contribution in [0.4, 0.5) is 0 Å². The maximum atomic E-state index is 15.6. The van der Waals surface area contributed by atoms with E-state index in [1.54, 1.807) is 20.8 Å². The Labute approximate surface area is 645 Å². The second-order valence-electron chi connectivity index (χ2n) is 29.5. The number of likely N-dealkylation sites (N-methyl/N-ethyl adjacent to an activating group) is 1. The van der Waals surface area contributed by atoms with Crippen LogP contribution in [0.25, 0.3) is 0 Å². The standard InChI is InChI=1S/C71H119N19O21/c1-32(2)29-34(5)54(95)37(8)59(99)83-44(31-49(73)94)61(101)81-42(17-15-26-79-70(75)76)55(96)56(97)66(106)85-50(35(6)36(7)58(74)98)63(103)87-52-39(10)111-69(109)47-19-13-14-28-90(47)68(108)53(57(110-12)40-20-22-41(92)23-21-40)88-62(102)46(24-25-48(72)93)89(11)67(107)45(30-33(3)4)84-60(100)43(18-16-27-80-71(77)78)82-64(104)51(38(9)91)86-65(52)105/h20-23,32-39,42-47,50-57,91-92,95-97H,13-19,24-31H2,1-12H3,(H2,72,93)(H2,73,94)(H2,74,98)(H,81,101)(H,82,104)(H,83,99)(H,84,100)(H,85,106)(H,86,105)(H,87,103)(H,88,102)(H4,75,76,79)(H4,77,78,80)/t34-,35?,36?,37-,38+,39-,42+,43-,44+,45+,46+,47+,50?,51-,52-,53-,54-,55-,56-,57-/m1/s1. The third-order valence-corrected chi connectivity index (χ3v) is 19.5. The number of nitrogens with one attached hydrogen (secondary N) is 8. The first-order valence-corrected chi connectivity index (χ1v) is 37.1. The molecule has 3 unspecified atom stereocenters. The van der Waals surface area contributed by atoms with Gasteiger partial charge in [-0.3, -0.25) is 72.3 Å². The van der Waals surface area contributed by atoms with E-state index in [2.05, 4.69) is 52.5 Å². The van der Waals surface area contributed by atoms with Crippen molar-refractivity contribution in [3.8, 4) is 5.75 Å². The summed E-state index contributed by atoms with van der Waals surface area (Å²) >= 11 is 0. The van der Waals surface area contributed by atoms with E-state index in [0.717, 1.165) is 23.6 Å². The van der Waals surface area contributed by atoms with Crippen LogP contribution < -0.4 is 82.7 Å². The molecule has 20 atom stereocenters. The van der Waals surface area contributed by atoms with Crippen molar-refractivity contribution in [3.05, 3.63) is 29.8 Å². The van der Waals surface area contributed by atoms with E-state index in [0.29, 0.717) is 6.42 Å². The Morgan fingerprint density at radius 2 is 1.24 bits per heavy atom. The first-order valence-electron chi connectivity index (χ1n) is 37.1. The van der Waals surface area contributed by atoms with Gasteiger partial charge in [-0.2, -0.15) is 0 Å². The van der Waals surface area contributed by atoms with Crippen molar-refractivity contribution in [3.63, 3.8) is 0 Å². The first-order chi connectivity index (χ1) is 51.8. The number of amides is 13. The SMILES string of the molecule is CO[C@H](c1ccc(O)cc1)[C@H]1NC(=O)[C@H](CCC(N)=O)N(C)C(=O)[C@H](CC(C)C)NC(=O)[C@@H](CCCN=C(N)N)NC(=O)[C@@H]([C@H](C)O)NC(=O)[C@H](NC(=O)C(NC(=O)[C@H](O)[C@H](O)[C@H](CCCN=C(N)N)NC(=O)[C@H](CC(N)=O)NC(=O)[C@H](C)[C@H](O)[C@H](C)CC(C)C)C(C)C(C)C(N)=O)[C@@H](C)OC(=O)[C@@H]2CCCCN2C1=O. The molecule has 0 bridgehead atoms. The van der Waals surface area contributed by atoms with Gasteiger partial charge in [0, 0.05) is 46.1 Å². The van der Waals surface area contributed by atoms with E-state index in [-0.39, 0.29) is 106 Å². The fourth-order valence-corrected chi connectivity index (χ4v) is 13.0. The van der Waals surface area contributed by atoms with Gasteiger partial charge in [-0.25, -0.2) is 4.79 Å². The van der Waals surface area contributed by atoms with Gasteiger partial charge in [0.05, 0.1) is 30.6 Å². The Hall–Kier alpha value is -10.1. The lowest BCUT2D eigenvalue weighted by molar-refractivity contribution is -0.165. The fourth-order valence-electron chi connectivity index (χ4n) is 13.0. The van der Waals surface area contributed by atoms with E-state index in [4.69, 9.17) is 49.6 Å². The predicted octanol–water partition coefficient (Wildman–Crippen LogP) is -6.05. The number of carbonyl (C=O) groups excluding carboxylic acids is 14. The topological polar surface area (TPSA) is 668 Å². The first kappa shape index (κ1) is 95.1. The summed E-state index contributed by atoms with van der Waals surface area (Å²) in [7, 11) is 2.40. The molecule has 0 aromatic heterocycles. The van der Waals surface area contributed by atoms with E-state index in [1.807, 2.05) is 13.8 Å². The number of esters is 1. The lowest BCUT2D eigenvalue weighted by atomic mass is 9.87. The Balaban J connectivity index is 2.38. The van der Waals surface area contributed by atoms with Gasteiger partial charge in [0.25, 0.3) is 5.91 Å². The minimum atomic E-state index is -2.67. The molecule has 13 amide bonds. The number of guanidine groups is 2. The molecule has 27 N–H and O–H groups in total. The summed E-state index contributed by atoms with van der Waals surface area (Å²) in [5, 5.41) is 76.1. The lowest BCUT2D eigenvalue weighted by Crippen LogP contribution is -2.65. The molecule has 40 heteroatoms. The quantitative estimate of drug-likeness (QED) is 0.0129. The van der Waals surface area contributed by atoms with Crippen molar-refractivity contribution in [1.29, 1.82) is 0 Å². The number of methoxy groups -OCH3 is 1. The minimum absolute atomic E-state index is 0.0507. The number of phenolic OH excluding ortho intramolecular Hbond substituents is 1. The molecule has 2 fully saturated rings. The molecule has 3 rings (SSSR count). The maximum Gasteiger partial charge on any atom is 0.329 e. The van der Waals surface area contributed by atoms with Crippen molar-refractivity contribution >= 4 is 94.7 Å². The zero-order valence-corrected chi connectivity index (χ0v) is 65.2. The molecule has 1 aromatic carbocycles. The molecule has 624 valence electrons. The van der Waals surface area contributed by atoms with Crippen molar-refractivity contribution in [2.75, 3.05) is 33.8 Å². The summed E-state index contributed by atoms with van der Waals surface area (Å²) in [5.74, 6) is -21.7. The van der Waals surface area contributed by atoms with E-state index >= 15 is 24.0 Å². The summed E-state index contributed by atoms with van der Waals surface area (Å²) in [6.07, 6.45) is -13.5. The highest BCUT2D eigenvalue weighted by Crippen LogP contribution is 2.30. The molecule has 0 radical (unpaired) electrons. The summed E-state index contributed by atoms with van der Waals surface area (Å²) in [6, 6.07) is -13.0. The number of cyclic esters (lactones) is 1. The summed E-state index contributed by atoms with van der Waals surface area (Å²) in [5.41, 5.74) is 39.3. The molecule has 111 heavy (non-hydrogen) atoms. The van der Waals surface area contributed by atoms with E-state index < -0.39 is 223 Å². The zero-order valence-electron chi connectivity index (χ0n) is 65.2. The molecule has 0 spiro atoms. The van der Waals surface area contributed by atoms with Gasteiger partial charge in [-0.1, -0.05) is 67.5 Å². The number of benzene rings is 1. The highest BCUT2D eigenvalue weighted by molar-refractivity contribution is 6.00. The summed E-state index contributed by atoms with van der Waals surface area (Å²) in [4.78, 5) is 211. The maximum absolute atomic E-state index is 15.6. The van der Waals surface area contributed by atoms with Crippen LogP contribution in [0.3, 0.4) is 0 Å². The van der Waals surface area contributed by atoms with Crippen LogP contribution in [0.1, 0.15) is 158 Å². The van der Waals surface area contributed by atoms with Gasteiger partial charge >= 0.3 is 5.97 Å².